The molecule has 1 amide bonds. The molecule has 0 spiro atoms. The van der Waals surface area contributed by atoms with E-state index in [1.165, 1.54) is 23.9 Å². The topological polar surface area (TPSA) is 112 Å². The molecule has 32 heavy (non-hydrogen) atoms. The molecule has 2 aromatic carbocycles. The largest absolute Gasteiger partial charge is 0.485 e. The minimum atomic E-state index is -0.491. The van der Waals surface area contributed by atoms with Gasteiger partial charge in [-0.1, -0.05) is 30.0 Å². The van der Waals surface area contributed by atoms with Crippen LogP contribution in [0.2, 0.25) is 0 Å². The molecule has 9 nitrogen and oxygen atoms in total. The lowest BCUT2D eigenvalue weighted by atomic mass is 10.1. The molecule has 0 aliphatic carbocycles. The summed E-state index contributed by atoms with van der Waals surface area (Å²) < 4.78 is 7.85. The van der Waals surface area contributed by atoms with Gasteiger partial charge in [0.25, 0.3) is 5.69 Å². The predicted molar refractivity (Wildman–Crippen MR) is 123 cm³/mol. The molecule has 0 radical (unpaired) electrons. The van der Waals surface area contributed by atoms with E-state index in [2.05, 4.69) is 15.5 Å². The molecule has 0 aliphatic rings. The van der Waals surface area contributed by atoms with Gasteiger partial charge in [0, 0.05) is 18.7 Å². The number of thioether (sulfide) groups is 1. The van der Waals surface area contributed by atoms with Crippen molar-refractivity contribution in [2.45, 2.75) is 46.0 Å². The molecule has 0 fully saturated rings. The van der Waals surface area contributed by atoms with Crippen LogP contribution in [0.5, 0.6) is 5.75 Å². The fourth-order valence-electron chi connectivity index (χ4n) is 3.03. The van der Waals surface area contributed by atoms with Crippen molar-refractivity contribution in [3.8, 4) is 5.75 Å². The van der Waals surface area contributed by atoms with Gasteiger partial charge in [-0.05, 0) is 50.5 Å². The van der Waals surface area contributed by atoms with E-state index in [1.54, 1.807) is 13.0 Å². The van der Waals surface area contributed by atoms with Crippen LogP contribution in [-0.2, 0) is 17.9 Å². The maximum Gasteiger partial charge on any atom is 0.271 e. The highest BCUT2D eigenvalue weighted by Gasteiger charge is 2.16. The Morgan fingerprint density at radius 1 is 1.16 bits per heavy atom. The molecule has 0 saturated heterocycles. The van der Waals surface area contributed by atoms with Crippen molar-refractivity contribution in [1.29, 1.82) is 0 Å². The number of carbonyl (C=O) groups excluding carboxylic acids is 1. The number of aryl methyl sites for hydroxylation is 3. The summed E-state index contributed by atoms with van der Waals surface area (Å²) in [5, 5.41) is 22.7. The molecule has 168 valence electrons. The lowest BCUT2D eigenvalue weighted by Gasteiger charge is -2.11. The first-order valence-electron chi connectivity index (χ1n) is 10.1. The van der Waals surface area contributed by atoms with E-state index in [9.17, 15) is 14.9 Å². The molecule has 3 rings (SSSR count). The van der Waals surface area contributed by atoms with Gasteiger partial charge in [0.2, 0.25) is 5.91 Å². The second-order valence-electron chi connectivity index (χ2n) is 7.29. The molecular weight excluding hydrogens is 430 g/mol. The monoisotopic (exact) mass is 455 g/mol. The number of benzene rings is 2. The Hall–Kier alpha value is -3.40. The standard InChI is InChI=1S/C22H25N5O4S/c1-5-26-20(12-31-19-10-14(2)6-7-16(19)4)24-25-22(26)32-13-21(28)23-18-11-17(27(29)30)9-8-15(18)3/h6-11H,5,12-13H2,1-4H3,(H,23,28). The Morgan fingerprint density at radius 3 is 2.62 bits per heavy atom. The molecular formula is C22H25N5O4S. The predicted octanol–water partition coefficient (Wildman–Crippen LogP) is 4.44. The number of nitro groups is 1. The highest BCUT2D eigenvalue weighted by Crippen LogP contribution is 2.24. The first-order chi connectivity index (χ1) is 15.3. The van der Waals surface area contributed by atoms with E-state index >= 15 is 0 Å². The summed E-state index contributed by atoms with van der Waals surface area (Å²) in [6, 6.07) is 10.4. The summed E-state index contributed by atoms with van der Waals surface area (Å²) in [4.78, 5) is 22.9. The third kappa shape index (κ3) is 5.64. The molecule has 0 bridgehead atoms. The molecule has 1 aromatic heterocycles. The van der Waals surface area contributed by atoms with Crippen molar-refractivity contribution < 1.29 is 14.5 Å². The highest BCUT2D eigenvalue weighted by atomic mass is 32.2. The van der Waals surface area contributed by atoms with Crippen LogP contribution < -0.4 is 10.1 Å². The van der Waals surface area contributed by atoms with Crippen molar-refractivity contribution in [2.75, 3.05) is 11.1 Å². The first-order valence-corrected chi connectivity index (χ1v) is 11.1. The van der Waals surface area contributed by atoms with E-state index < -0.39 is 4.92 Å². The van der Waals surface area contributed by atoms with Crippen molar-refractivity contribution in [1.82, 2.24) is 14.8 Å². The fourth-order valence-corrected chi connectivity index (χ4v) is 3.85. The molecule has 1 N–H and O–H groups in total. The minimum absolute atomic E-state index is 0.0715. The van der Waals surface area contributed by atoms with Gasteiger partial charge >= 0.3 is 0 Å². The molecule has 0 unspecified atom stereocenters. The van der Waals surface area contributed by atoms with Crippen molar-refractivity contribution in [3.63, 3.8) is 0 Å². The van der Waals surface area contributed by atoms with Gasteiger partial charge in [-0.3, -0.25) is 14.9 Å². The Morgan fingerprint density at radius 2 is 1.91 bits per heavy atom. The number of nitro benzene ring substituents is 1. The van der Waals surface area contributed by atoms with Crippen molar-refractivity contribution in [3.05, 3.63) is 69.0 Å². The molecule has 10 heteroatoms. The van der Waals surface area contributed by atoms with Crippen LogP contribution in [-0.4, -0.2) is 31.3 Å². The molecule has 0 aliphatic heterocycles. The lowest BCUT2D eigenvalue weighted by Crippen LogP contribution is -2.16. The van der Waals surface area contributed by atoms with Gasteiger partial charge in [0.05, 0.1) is 16.4 Å². The maximum absolute atomic E-state index is 12.4. The Labute approximate surface area is 190 Å². The molecule has 1 heterocycles. The lowest BCUT2D eigenvalue weighted by molar-refractivity contribution is -0.384. The molecule has 0 atom stereocenters. The van der Waals surface area contributed by atoms with Crippen LogP contribution in [0.3, 0.4) is 0 Å². The number of aromatic nitrogens is 3. The second kappa shape index (κ2) is 10.3. The van der Waals surface area contributed by atoms with E-state index in [0.717, 1.165) is 22.4 Å². The summed E-state index contributed by atoms with van der Waals surface area (Å²) in [5.41, 5.74) is 3.25. The van der Waals surface area contributed by atoms with Gasteiger partial charge in [-0.25, -0.2) is 0 Å². The summed E-state index contributed by atoms with van der Waals surface area (Å²) in [5.74, 6) is 1.29. The number of non-ortho nitro benzene ring substituents is 1. The smallest absolute Gasteiger partial charge is 0.271 e. The Balaban J connectivity index is 1.63. The third-order valence-corrected chi connectivity index (χ3v) is 5.82. The third-order valence-electron chi connectivity index (χ3n) is 4.85. The van der Waals surface area contributed by atoms with Crippen molar-refractivity contribution >= 4 is 29.0 Å². The number of amides is 1. The van der Waals surface area contributed by atoms with Gasteiger partial charge < -0.3 is 14.6 Å². The number of hydrogen-bond acceptors (Lipinski definition) is 7. The maximum atomic E-state index is 12.4. The van der Waals surface area contributed by atoms with Crippen molar-refractivity contribution in [2.24, 2.45) is 0 Å². The highest BCUT2D eigenvalue weighted by molar-refractivity contribution is 7.99. The minimum Gasteiger partial charge on any atom is -0.485 e. The van der Waals surface area contributed by atoms with Crippen LogP contribution in [0.25, 0.3) is 0 Å². The van der Waals surface area contributed by atoms with Crippen LogP contribution in [0.15, 0.2) is 41.6 Å². The zero-order chi connectivity index (χ0) is 23.3. The van der Waals surface area contributed by atoms with Gasteiger partial charge in [-0.15, -0.1) is 10.2 Å². The van der Waals surface area contributed by atoms with Gasteiger partial charge in [0.15, 0.2) is 11.0 Å². The summed E-state index contributed by atoms with van der Waals surface area (Å²) in [7, 11) is 0. The van der Waals surface area contributed by atoms with Crippen LogP contribution >= 0.6 is 11.8 Å². The fraction of sp³-hybridized carbons (Fsp3) is 0.318. The average Bonchev–Trinajstić information content (AvgIpc) is 3.16. The molecule has 0 saturated carbocycles. The Kier molecular flexibility index (Phi) is 7.47. The zero-order valence-corrected chi connectivity index (χ0v) is 19.2. The van der Waals surface area contributed by atoms with Crippen LogP contribution in [0.1, 0.15) is 29.4 Å². The second-order valence-corrected chi connectivity index (χ2v) is 8.24. The first kappa shape index (κ1) is 23.3. The number of ether oxygens (including phenoxy) is 1. The zero-order valence-electron chi connectivity index (χ0n) is 18.4. The van der Waals surface area contributed by atoms with Gasteiger partial charge in [0.1, 0.15) is 12.4 Å². The summed E-state index contributed by atoms with van der Waals surface area (Å²) in [6.07, 6.45) is 0. The Bertz CT molecular complexity index is 1150. The van der Waals surface area contributed by atoms with Crippen LogP contribution in [0.4, 0.5) is 11.4 Å². The van der Waals surface area contributed by atoms with E-state index in [4.69, 9.17) is 4.74 Å². The number of anilines is 1. The van der Waals surface area contributed by atoms with Crippen LogP contribution in [0, 0.1) is 30.9 Å². The SMILES string of the molecule is CCn1c(COc2cc(C)ccc2C)nnc1SCC(=O)Nc1cc([N+](=O)[O-])ccc1C. The normalized spacial score (nSPS) is 10.8. The number of carbonyl (C=O) groups is 1. The van der Waals surface area contributed by atoms with E-state index in [-0.39, 0.29) is 24.0 Å². The number of nitrogens with one attached hydrogen (secondary N) is 1. The summed E-state index contributed by atoms with van der Waals surface area (Å²) in [6.45, 7) is 8.65. The summed E-state index contributed by atoms with van der Waals surface area (Å²) >= 11 is 1.25. The van der Waals surface area contributed by atoms with E-state index in [1.807, 2.05) is 43.5 Å². The number of nitrogens with zero attached hydrogens (tertiary/aromatic N) is 4. The average molecular weight is 456 g/mol. The number of hydrogen-bond donors (Lipinski definition) is 1. The quantitative estimate of drug-likeness (QED) is 0.288. The number of rotatable bonds is 9. The van der Waals surface area contributed by atoms with E-state index in [0.29, 0.717) is 23.2 Å². The van der Waals surface area contributed by atoms with Gasteiger partial charge in [-0.2, -0.15) is 0 Å². The molecule has 3 aromatic rings.